The molecule has 1 aliphatic heterocycles. The number of rotatable bonds is 3. The molecule has 1 unspecified atom stereocenters. The van der Waals surface area contributed by atoms with E-state index in [1.807, 2.05) is 0 Å². The van der Waals surface area contributed by atoms with E-state index in [-0.39, 0.29) is 12.3 Å². The minimum absolute atomic E-state index is 0.0899. The molecule has 2 aliphatic rings. The predicted octanol–water partition coefficient (Wildman–Crippen LogP) is 1.33. The molecule has 0 aromatic heterocycles. The van der Waals surface area contributed by atoms with E-state index >= 15 is 0 Å². The van der Waals surface area contributed by atoms with Crippen LogP contribution >= 0.6 is 0 Å². The Morgan fingerprint density at radius 3 is 2.43 bits per heavy atom. The number of halogens is 2. The van der Waals surface area contributed by atoms with Crippen molar-refractivity contribution in [2.75, 3.05) is 26.7 Å². The van der Waals surface area contributed by atoms with E-state index in [2.05, 4.69) is 17.3 Å². The van der Waals surface area contributed by atoms with Crippen molar-refractivity contribution in [3.8, 4) is 0 Å². The second kappa shape index (κ2) is 3.74. The fraction of sp³-hybridized carbons (Fsp3) is 1.00. The van der Waals surface area contributed by atoms with Crippen LogP contribution in [0.4, 0.5) is 8.78 Å². The molecule has 4 heteroatoms. The highest BCUT2D eigenvalue weighted by molar-refractivity contribution is 4.96. The van der Waals surface area contributed by atoms with E-state index in [1.54, 1.807) is 0 Å². The molecule has 0 spiro atoms. The molecule has 0 radical (unpaired) electrons. The van der Waals surface area contributed by atoms with Gasteiger partial charge in [0.05, 0.1) is 0 Å². The highest BCUT2D eigenvalue weighted by Crippen LogP contribution is 2.48. The van der Waals surface area contributed by atoms with Crippen molar-refractivity contribution in [3.05, 3.63) is 0 Å². The Hall–Kier alpha value is -0.220. The molecule has 1 aliphatic carbocycles. The highest BCUT2D eigenvalue weighted by Gasteiger charge is 2.56. The van der Waals surface area contributed by atoms with E-state index in [0.29, 0.717) is 12.6 Å². The maximum atomic E-state index is 12.6. The maximum absolute atomic E-state index is 12.6. The molecule has 2 nitrogen and oxygen atoms in total. The second-order valence-electron chi connectivity index (χ2n) is 4.65. The molecule has 1 N–H and O–H groups in total. The van der Waals surface area contributed by atoms with Crippen molar-refractivity contribution in [1.29, 1.82) is 0 Å². The Kier molecular flexibility index (Phi) is 2.75. The summed E-state index contributed by atoms with van der Waals surface area (Å²) in [7, 11) is 2.10. The van der Waals surface area contributed by atoms with Crippen molar-refractivity contribution in [2.24, 2.45) is 5.92 Å². The van der Waals surface area contributed by atoms with Crippen LogP contribution in [-0.4, -0.2) is 43.5 Å². The number of likely N-dealkylation sites (tertiary alicyclic amines) is 1. The zero-order chi connectivity index (χ0) is 10.2. The van der Waals surface area contributed by atoms with Gasteiger partial charge in [-0.25, -0.2) is 8.78 Å². The van der Waals surface area contributed by atoms with Gasteiger partial charge < -0.3 is 10.2 Å². The summed E-state index contributed by atoms with van der Waals surface area (Å²) in [5.74, 6) is -2.75. The molecule has 82 valence electrons. The van der Waals surface area contributed by atoms with Gasteiger partial charge in [-0.2, -0.15) is 0 Å². The van der Waals surface area contributed by atoms with Gasteiger partial charge in [-0.3, -0.25) is 0 Å². The zero-order valence-corrected chi connectivity index (χ0v) is 8.60. The second-order valence-corrected chi connectivity index (χ2v) is 4.65. The molecular formula is C10H18F2N2. The largest absolute Gasteiger partial charge is 0.313 e. The minimum atomic E-state index is -2.36. The molecule has 0 bridgehead atoms. The van der Waals surface area contributed by atoms with E-state index in [4.69, 9.17) is 0 Å². The quantitative estimate of drug-likeness (QED) is 0.746. The van der Waals surface area contributed by atoms with Crippen LogP contribution < -0.4 is 5.32 Å². The summed E-state index contributed by atoms with van der Waals surface area (Å²) in [5.41, 5.74) is 0. The molecule has 0 amide bonds. The topological polar surface area (TPSA) is 15.3 Å². The van der Waals surface area contributed by atoms with Gasteiger partial charge in [-0.15, -0.1) is 0 Å². The van der Waals surface area contributed by atoms with Crippen molar-refractivity contribution in [1.82, 2.24) is 10.2 Å². The van der Waals surface area contributed by atoms with Crippen molar-refractivity contribution < 1.29 is 8.78 Å². The minimum Gasteiger partial charge on any atom is -0.313 e. The smallest absolute Gasteiger partial charge is 0.252 e. The van der Waals surface area contributed by atoms with Gasteiger partial charge in [-0.05, 0) is 33.0 Å². The van der Waals surface area contributed by atoms with Crippen LogP contribution in [0.2, 0.25) is 0 Å². The number of nitrogens with zero attached hydrogens (tertiary/aromatic N) is 1. The monoisotopic (exact) mass is 204 g/mol. The summed E-state index contributed by atoms with van der Waals surface area (Å²) in [5, 5.41) is 3.25. The summed E-state index contributed by atoms with van der Waals surface area (Å²) >= 11 is 0. The Labute approximate surface area is 83.7 Å². The van der Waals surface area contributed by atoms with Crippen LogP contribution in [0.3, 0.4) is 0 Å². The Morgan fingerprint density at radius 1 is 1.36 bits per heavy atom. The summed E-state index contributed by atoms with van der Waals surface area (Å²) < 4.78 is 25.1. The molecule has 1 saturated heterocycles. The SMILES string of the molecule is CN1CCC(NCC2CC2(F)F)CC1. The van der Waals surface area contributed by atoms with E-state index in [9.17, 15) is 8.78 Å². The number of hydrogen-bond acceptors (Lipinski definition) is 2. The molecule has 2 fully saturated rings. The van der Waals surface area contributed by atoms with Gasteiger partial charge in [0.25, 0.3) is 5.92 Å². The molecule has 1 atom stereocenters. The fourth-order valence-electron chi connectivity index (χ4n) is 2.01. The average Bonchev–Trinajstić information content (AvgIpc) is 2.73. The Bertz CT molecular complexity index is 200. The molecule has 0 aromatic carbocycles. The van der Waals surface area contributed by atoms with E-state index < -0.39 is 5.92 Å². The van der Waals surface area contributed by atoms with Gasteiger partial charge in [0, 0.05) is 24.9 Å². The lowest BCUT2D eigenvalue weighted by molar-refractivity contribution is 0.0970. The molecule has 14 heavy (non-hydrogen) atoms. The first-order chi connectivity index (χ1) is 6.58. The summed E-state index contributed by atoms with van der Waals surface area (Å²) in [6.07, 6.45) is 2.27. The van der Waals surface area contributed by atoms with Gasteiger partial charge >= 0.3 is 0 Å². The third kappa shape index (κ3) is 2.42. The Balaban J connectivity index is 1.62. The van der Waals surface area contributed by atoms with Gasteiger partial charge in [0.2, 0.25) is 0 Å². The van der Waals surface area contributed by atoms with Crippen LogP contribution in [0.1, 0.15) is 19.3 Å². The average molecular weight is 204 g/mol. The number of piperidine rings is 1. The molecule has 2 rings (SSSR count). The third-order valence-corrected chi connectivity index (χ3v) is 3.33. The fourth-order valence-corrected chi connectivity index (χ4v) is 2.01. The summed E-state index contributed by atoms with van der Waals surface area (Å²) in [6.45, 7) is 2.67. The van der Waals surface area contributed by atoms with Gasteiger partial charge in [0.1, 0.15) is 0 Å². The molecule has 0 aromatic rings. The Morgan fingerprint density at radius 2 is 1.93 bits per heavy atom. The molecule has 1 heterocycles. The van der Waals surface area contributed by atoms with Crippen molar-refractivity contribution >= 4 is 0 Å². The highest BCUT2D eigenvalue weighted by atomic mass is 19.3. The van der Waals surface area contributed by atoms with E-state index in [1.165, 1.54) is 0 Å². The first kappa shape index (κ1) is 10.3. The molecule has 1 saturated carbocycles. The van der Waals surface area contributed by atoms with Crippen LogP contribution in [0.15, 0.2) is 0 Å². The van der Waals surface area contributed by atoms with Crippen LogP contribution in [0, 0.1) is 5.92 Å². The zero-order valence-electron chi connectivity index (χ0n) is 8.60. The predicted molar refractivity (Wildman–Crippen MR) is 51.6 cm³/mol. The van der Waals surface area contributed by atoms with Gasteiger partial charge in [-0.1, -0.05) is 0 Å². The van der Waals surface area contributed by atoms with Crippen molar-refractivity contribution in [2.45, 2.75) is 31.2 Å². The van der Waals surface area contributed by atoms with Crippen LogP contribution in [0.25, 0.3) is 0 Å². The summed E-state index contributed by atoms with van der Waals surface area (Å²) in [4.78, 5) is 2.28. The summed E-state index contributed by atoms with van der Waals surface area (Å²) in [6, 6.07) is 0.461. The standard InChI is InChI=1S/C10H18F2N2/c1-14-4-2-9(3-5-14)13-7-8-6-10(8,11)12/h8-9,13H,2-7H2,1H3. The lowest BCUT2D eigenvalue weighted by atomic mass is 10.1. The molecular weight excluding hydrogens is 186 g/mol. The number of nitrogens with one attached hydrogen (secondary N) is 1. The normalized spacial score (nSPS) is 33.2. The van der Waals surface area contributed by atoms with Crippen LogP contribution in [0.5, 0.6) is 0 Å². The number of alkyl halides is 2. The van der Waals surface area contributed by atoms with Crippen LogP contribution in [-0.2, 0) is 0 Å². The van der Waals surface area contributed by atoms with Gasteiger partial charge in [0.15, 0.2) is 0 Å². The maximum Gasteiger partial charge on any atom is 0.252 e. The first-order valence-corrected chi connectivity index (χ1v) is 5.38. The van der Waals surface area contributed by atoms with Crippen molar-refractivity contribution in [3.63, 3.8) is 0 Å². The van der Waals surface area contributed by atoms with E-state index in [0.717, 1.165) is 25.9 Å². The number of hydrogen-bond donors (Lipinski definition) is 1. The first-order valence-electron chi connectivity index (χ1n) is 5.38. The lowest BCUT2D eigenvalue weighted by Crippen LogP contribution is -2.41. The lowest BCUT2D eigenvalue weighted by Gasteiger charge is -2.29. The third-order valence-electron chi connectivity index (χ3n) is 3.33.